The number of esters is 2. The molecule has 0 atom stereocenters. The molecule has 1 aromatic rings. The molecular weight excluding hydrogens is 186 g/mol. The second kappa shape index (κ2) is 2.28. The van der Waals surface area contributed by atoms with Gasteiger partial charge in [0.1, 0.15) is 0 Å². The minimum Gasteiger partial charge on any atom is -0.383 e. The highest BCUT2D eigenvalue weighted by Crippen LogP contribution is 2.16. The van der Waals surface area contributed by atoms with Crippen LogP contribution in [0.1, 0.15) is 21.0 Å². The Morgan fingerprint density at radius 3 is 1.69 bits per heavy atom. The van der Waals surface area contributed by atoms with E-state index in [-0.39, 0.29) is 0 Å². The highest BCUT2D eigenvalue weighted by Gasteiger charge is 2.34. The van der Waals surface area contributed by atoms with Crippen LogP contribution >= 0.6 is 0 Å². The number of cyclic esters (lactones) is 2. The van der Waals surface area contributed by atoms with Crippen molar-refractivity contribution in [3.63, 3.8) is 0 Å². The number of rotatable bonds is 0. The van der Waals surface area contributed by atoms with Crippen molar-refractivity contribution < 1.29 is 23.1 Å². The summed E-state index contributed by atoms with van der Waals surface area (Å²) in [5, 5.41) is 0. The Hall–Kier alpha value is -1.92. The van der Waals surface area contributed by atoms with E-state index in [0.717, 1.165) is 0 Å². The number of hydrogen-bond donors (Lipinski definition) is 0. The van der Waals surface area contributed by atoms with E-state index in [1.807, 2.05) is 0 Å². The molecule has 5 nitrogen and oxygen atoms in total. The number of hydrogen-bond acceptors (Lipinski definition) is 5. The van der Waals surface area contributed by atoms with Crippen molar-refractivity contribution in [3.8, 4) is 0 Å². The van der Waals surface area contributed by atoms with Gasteiger partial charge in [0.15, 0.2) is 11.4 Å². The molecule has 0 N–H and O–H groups in total. The van der Waals surface area contributed by atoms with E-state index in [0.29, 0.717) is 0 Å². The lowest BCUT2D eigenvalue weighted by Gasteiger charge is -1.91. The maximum Gasteiger partial charge on any atom is 0.367 e. The molecule has 0 aromatic carbocycles. The summed E-state index contributed by atoms with van der Waals surface area (Å²) in [6, 6.07) is 0. The fourth-order valence-electron chi connectivity index (χ4n) is 0.860. The molecule has 0 unspecified atom stereocenters. The van der Waals surface area contributed by atoms with E-state index < -0.39 is 35.2 Å². The summed E-state index contributed by atoms with van der Waals surface area (Å²) in [7, 11) is 0. The van der Waals surface area contributed by atoms with Crippen LogP contribution in [-0.4, -0.2) is 21.9 Å². The number of carbonyl (C=O) groups is 2. The Labute approximate surface area is 69.4 Å². The van der Waals surface area contributed by atoms with Crippen molar-refractivity contribution in [2.75, 3.05) is 0 Å². The first-order valence-electron chi connectivity index (χ1n) is 3.09. The summed E-state index contributed by atoms with van der Waals surface area (Å²) in [6.45, 7) is 0. The van der Waals surface area contributed by atoms with Gasteiger partial charge in [-0.25, -0.2) is 19.6 Å². The molecular formula is C6F2N2O3. The number of halogens is 2. The van der Waals surface area contributed by atoms with E-state index in [4.69, 9.17) is 0 Å². The van der Waals surface area contributed by atoms with E-state index >= 15 is 0 Å². The molecule has 2 heterocycles. The smallest absolute Gasteiger partial charge is 0.367 e. The molecule has 0 spiro atoms. The SMILES string of the molecule is O=C1OC(=O)c2nc(F)c(F)nc21. The van der Waals surface area contributed by atoms with Crippen LogP contribution in [0.2, 0.25) is 0 Å². The molecule has 0 amide bonds. The maximum absolute atomic E-state index is 12.4. The molecule has 0 bridgehead atoms. The van der Waals surface area contributed by atoms with Crippen molar-refractivity contribution in [3.05, 3.63) is 23.3 Å². The third-order valence-corrected chi connectivity index (χ3v) is 1.39. The van der Waals surface area contributed by atoms with Crippen molar-refractivity contribution in [2.24, 2.45) is 0 Å². The first-order chi connectivity index (χ1) is 6.09. The Kier molecular flexibility index (Phi) is 1.35. The summed E-state index contributed by atoms with van der Waals surface area (Å²) in [5.74, 6) is -5.31. The molecule has 0 saturated heterocycles. The second-order valence-corrected chi connectivity index (χ2v) is 2.18. The van der Waals surface area contributed by atoms with Gasteiger partial charge in [-0.2, -0.15) is 8.78 Å². The number of ether oxygens (including phenoxy) is 1. The van der Waals surface area contributed by atoms with Gasteiger partial charge in [0.05, 0.1) is 0 Å². The highest BCUT2D eigenvalue weighted by molar-refractivity contribution is 6.12. The minimum absolute atomic E-state index is 0.594. The van der Waals surface area contributed by atoms with Gasteiger partial charge in [-0.05, 0) is 0 Å². The van der Waals surface area contributed by atoms with Gasteiger partial charge in [0, 0.05) is 0 Å². The Morgan fingerprint density at radius 2 is 1.31 bits per heavy atom. The van der Waals surface area contributed by atoms with Gasteiger partial charge in [-0.1, -0.05) is 0 Å². The molecule has 1 aliphatic rings. The zero-order valence-corrected chi connectivity index (χ0v) is 5.88. The van der Waals surface area contributed by atoms with Gasteiger partial charge in [0.2, 0.25) is 0 Å². The lowest BCUT2D eigenvalue weighted by molar-refractivity contribution is 0.0439. The number of carbonyl (C=O) groups excluding carboxylic acids is 2. The zero-order chi connectivity index (χ0) is 9.59. The highest BCUT2D eigenvalue weighted by atomic mass is 19.2. The number of fused-ring (bicyclic) bond motifs is 1. The van der Waals surface area contributed by atoms with E-state index in [1.54, 1.807) is 0 Å². The van der Waals surface area contributed by atoms with Gasteiger partial charge in [-0.15, -0.1) is 0 Å². The van der Waals surface area contributed by atoms with Crippen LogP contribution < -0.4 is 0 Å². The van der Waals surface area contributed by atoms with Gasteiger partial charge < -0.3 is 4.74 Å². The Bertz CT molecular complexity index is 393. The van der Waals surface area contributed by atoms with Gasteiger partial charge in [-0.3, -0.25) is 0 Å². The normalized spacial score (nSPS) is 14.3. The van der Waals surface area contributed by atoms with Crippen LogP contribution in [0, 0.1) is 11.9 Å². The summed E-state index contributed by atoms with van der Waals surface area (Å²) < 4.78 is 28.8. The lowest BCUT2D eigenvalue weighted by atomic mass is 10.3. The van der Waals surface area contributed by atoms with Crippen LogP contribution in [-0.2, 0) is 4.74 Å². The quantitative estimate of drug-likeness (QED) is 0.423. The third-order valence-electron chi connectivity index (χ3n) is 1.39. The summed E-state index contributed by atoms with van der Waals surface area (Å²) in [4.78, 5) is 27.2. The zero-order valence-electron chi connectivity index (χ0n) is 5.88. The summed E-state index contributed by atoms with van der Waals surface area (Å²) >= 11 is 0. The average molecular weight is 186 g/mol. The van der Waals surface area contributed by atoms with Crippen molar-refractivity contribution in [1.29, 1.82) is 0 Å². The van der Waals surface area contributed by atoms with Crippen molar-refractivity contribution >= 4 is 11.9 Å². The van der Waals surface area contributed by atoms with Crippen LogP contribution in [0.5, 0.6) is 0 Å². The van der Waals surface area contributed by atoms with Gasteiger partial charge in [0.25, 0.3) is 11.9 Å². The predicted octanol–water partition coefficient (Wildman–Crippen LogP) is 0.0654. The number of nitrogens with zero attached hydrogens (tertiary/aromatic N) is 2. The van der Waals surface area contributed by atoms with E-state index in [1.165, 1.54) is 0 Å². The molecule has 7 heteroatoms. The summed E-state index contributed by atoms with van der Waals surface area (Å²) in [5.41, 5.74) is -1.19. The van der Waals surface area contributed by atoms with Gasteiger partial charge >= 0.3 is 11.9 Å². The minimum atomic E-state index is -1.54. The van der Waals surface area contributed by atoms with Crippen molar-refractivity contribution in [2.45, 2.75) is 0 Å². The van der Waals surface area contributed by atoms with Crippen LogP contribution in [0.15, 0.2) is 0 Å². The molecule has 66 valence electrons. The first-order valence-corrected chi connectivity index (χ1v) is 3.09. The average Bonchev–Trinajstić information content (AvgIpc) is 2.31. The molecule has 1 aliphatic heterocycles. The fraction of sp³-hybridized carbons (Fsp3) is 0. The molecule has 0 fully saturated rings. The molecule has 0 saturated carbocycles. The van der Waals surface area contributed by atoms with Crippen LogP contribution in [0.25, 0.3) is 0 Å². The van der Waals surface area contributed by atoms with Crippen LogP contribution in [0.4, 0.5) is 8.78 Å². The first kappa shape index (κ1) is 7.71. The fourth-order valence-corrected chi connectivity index (χ4v) is 0.860. The molecule has 0 radical (unpaired) electrons. The molecule has 13 heavy (non-hydrogen) atoms. The standard InChI is InChI=1S/C6F2N2O3/c7-3-4(8)10-2-1(9-3)5(11)13-6(2)12. The lowest BCUT2D eigenvalue weighted by Crippen LogP contribution is -2.05. The monoisotopic (exact) mass is 186 g/mol. The van der Waals surface area contributed by atoms with Crippen LogP contribution in [0.3, 0.4) is 0 Å². The van der Waals surface area contributed by atoms with Crippen molar-refractivity contribution in [1.82, 2.24) is 9.97 Å². The Morgan fingerprint density at radius 1 is 0.923 bits per heavy atom. The maximum atomic E-state index is 12.4. The molecule has 1 aromatic heterocycles. The topological polar surface area (TPSA) is 69.2 Å². The number of aromatic nitrogens is 2. The molecule has 2 rings (SSSR count). The van der Waals surface area contributed by atoms with E-state index in [9.17, 15) is 18.4 Å². The second-order valence-electron chi connectivity index (χ2n) is 2.18. The molecule has 0 aliphatic carbocycles. The largest absolute Gasteiger partial charge is 0.383 e. The van der Waals surface area contributed by atoms with E-state index in [2.05, 4.69) is 14.7 Å². The predicted molar refractivity (Wildman–Crippen MR) is 31.7 cm³/mol. The summed E-state index contributed by atoms with van der Waals surface area (Å²) in [6.07, 6.45) is 0. The third kappa shape index (κ3) is 0.968. The Balaban J connectivity index is 2.72.